The van der Waals surface area contributed by atoms with Crippen LogP contribution in [0.3, 0.4) is 0 Å². The van der Waals surface area contributed by atoms with Gasteiger partial charge in [-0.25, -0.2) is 0 Å². The van der Waals surface area contributed by atoms with Crippen LogP contribution < -0.4 is 0 Å². The highest BCUT2D eigenvalue weighted by atomic mass is 14.0. The van der Waals surface area contributed by atoms with Crippen molar-refractivity contribution >= 4 is 0 Å². The predicted octanol–water partition coefficient (Wildman–Crippen LogP) is 6.17. The van der Waals surface area contributed by atoms with Gasteiger partial charge in [-0.15, -0.1) is 0 Å². The van der Waals surface area contributed by atoms with Gasteiger partial charge in [-0.2, -0.15) is 0 Å². The van der Waals surface area contributed by atoms with Gasteiger partial charge in [-0.05, 0) is 24.0 Å². The summed E-state index contributed by atoms with van der Waals surface area (Å²) in [5.41, 5.74) is 2.46. The molecule has 0 saturated heterocycles. The van der Waals surface area contributed by atoms with Crippen LogP contribution in [0.2, 0.25) is 0 Å². The standard InChI is InChI=1S/C14H16.2C2H6/c1-3-5-10-13(9-4-2)14-11-7-6-8-12-14;2*1-2/h3-5,7,9-12H,1-2,6,8H2;2*1-2H3/b10-5-,13-9+;;. The lowest BCUT2D eigenvalue weighted by molar-refractivity contribution is 1.02. The molecule has 0 aromatic heterocycles. The summed E-state index contributed by atoms with van der Waals surface area (Å²) in [7, 11) is 0. The highest BCUT2D eigenvalue weighted by molar-refractivity contribution is 5.49. The van der Waals surface area contributed by atoms with E-state index in [9.17, 15) is 0 Å². The summed E-state index contributed by atoms with van der Waals surface area (Å²) >= 11 is 0. The van der Waals surface area contributed by atoms with Gasteiger partial charge in [0, 0.05) is 0 Å². The van der Waals surface area contributed by atoms with Crippen molar-refractivity contribution in [1.29, 1.82) is 0 Å². The predicted molar refractivity (Wildman–Crippen MR) is 86.8 cm³/mol. The molecule has 0 nitrogen and oxygen atoms in total. The van der Waals surface area contributed by atoms with E-state index in [4.69, 9.17) is 0 Å². The van der Waals surface area contributed by atoms with Crippen molar-refractivity contribution in [3.63, 3.8) is 0 Å². The van der Waals surface area contributed by atoms with Gasteiger partial charge in [0.05, 0.1) is 0 Å². The Hall–Kier alpha value is -1.56. The third-order valence-corrected chi connectivity index (χ3v) is 2.04. The molecule has 0 N–H and O–H groups in total. The van der Waals surface area contributed by atoms with Gasteiger partial charge in [0.15, 0.2) is 0 Å². The third-order valence-electron chi connectivity index (χ3n) is 2.04. The van der Waals surface area contributed by atoms with Crippen LogP contribution in [-0.2, 0) is 0 Å². The molecule has 0 amide bonds. The molecule has 0 aromatic carbocycles. The minimum atomic E-state index is 1.13. The van der Waals surface area contributed by atoms with Crippen molar-refractivity contribution in [2.45, 2.75) is 40.5 Å². The van der Waals surface area contributed by atoms with Gasteiger partial charge < -0.3 is 0 Å². The molecule has 0 aromatic rings. The first kappa shape index (κ1) is 18.8. The summed E-state index contributed by atoms with van der Waals surface area (Å²) in [6.45, 7) is 15.4. The zero-order valence-electron chi connectivity index (χ0n) is 12.4. The summed E-state index contributed by atoms with van der Waals surface area (Å²) in [5, 5.41) is 0. The van der Waals surface area contributed by atoms with Gasteiger partial charge in [0.1, 0.15) is 0 Å². The Balaban J connectivity index is 0. The summed E-state index contributed by atoms with van der Waals surface area (Å²) < 4.78 is 0. The van der Waals surface area contributed by atoms with Gasteiger partial charge in [0.2, 0.25) is 0 Å². The molecule has 0 bridgehead atoms. The van der Waals surface area contributed by atoms with E-state index in [1.54, 1.807) is 6.08 Å². The smallest absolute Gasteiger partial charge is 0.0188 e. The molecular formula is C18H28. The van der Waals surface area contributed by atoms with Crippen LogP contribution in [0.25, 0.3) is 0 Å². The highest BCUT2D eigenvalue weighted by Gasteiger charge is 1.99. The number of hydrogen-bond acceptors (Lipinski definition) is 0. The fourth-order valence-electron chi connectivity index (χ4n) is 1.37. The second-order valence-electron chi connectivity index (χ2n) is 3.09. The van der Waals surface area contributed by atoms with Gasteiger partial charge in [0.25, 0.3) is 0 Å². The SMILES string of the molecule is C=C/C=C\C(=C/C=C)C1=CCCC=C1.CC.CC. The maximum absolute atomic E-state index is 3.72. The Morgan fingerprint density at radius 1 is 1.06 bits per heavy atom. The van der Waals surface area contributed by atoms with Crippen molar-refractivity contribution in [1.82, 2.24) is 0 Å². The number of hydrogen-bond donors (Lipinski definition) is 0. The molecule has 0 unspecified atom stereocenters. The fourth-order valence-corrected chi connectivity index (χ4v) is 1.37. The topological polar surface area (TPSA) is 0 Å². The Morgan fingerprint density at radius 2 is 1.72 bits per heavy atom. The average molecular weight is 244 g/mol. The highest BCUT2D eigenvalue weighted by Crippen LogP contribution is 2.19. The van der Waals surface area contributed by atoms with E-state index in [2.05, 4.69) is 37.5 Å². The lowest BCUT2D eigenvalue weighted by Gasteiger charge is -2.07. The molecule has 100 valence electrons. The molecule has 1 aliphatic rings. The van der Waals surface area contributed by atoms with E-state index in [0.717, 1.165) is 12.8 Å². The Morgan fingerprint density at radius 3 is 2.17 bits per heavy atom. The molecule has 0 atom stereocenters. The van der Waals surface area contributed by atoms with Crippen LogP contribution in [0, 0.1) is 0 Å². The Bertz CT molecular complexity index is 322. The van der Waals surface area contributed by atoms with E-state index < -0.39 is 0 Å². The maximum atomic E-state index is 3.72. The van der Waals surface area contributed by atoms with Crippen molar-refractivity contribution in [2.75, 3.05) is 0 Å². The van der Waals surface area contributed by atoms with Crippen LogP contribution in [0.5, 0.6) is 0 Å². The van der Waals surface area contributed by atoms with E-state index in [1.807, 2.05) is 45.9 Å². The van der Waals surface area contributed by atoms with Gasteiger partial charge in [-0.3, -0.25) is 0 Å². The molecule has 0 fully saturated rings. The molecule has 0 radical (unpaired) electrons. The largest absolute Gasteiger partial charge is 0.0991 e. The molecule has 1 rings (SSSR count). The third kappa shape index (κ3) is 8.58. The molecule has 0 heteroatoms. The first-order chi connectivity index (χ1) is 8.88. The molecule has 0 aliphatic heterocycles. The van der Waals surface area contributed by atoms with Gasteiger partial charge >= 0.3 is 0 Å². The molecule has 0 spiro atoms. The number of rotatable bonds is 4. The van der Waals surface area contributed by atoms with Gasteiger partial charge in [-0.1, -0.05) is 89.5 Å². The Labute approximate surface area is 114 Å². The zero-order valence-corrected chi connectivity index (χ0v) is 12.4. The van der Waals surface area contributed by atoms with E-state index >= 15 is 0 Å². The lowest BCUT2D eigenvalue weighted by Crippen LogP contribution is -1.87. The average Bonchev–Trinajstić information content (AvgIpc) is 2.48. The molecule has 18 heavy (non-hydrogen) atoms. The van der Waals surface area contributed by atoms with Crippen molar-refractivity contribution in [3.8, 4) is 0 Å². The summed E-state index contributed by atoms with van der Waals surface area (Å²) in [6, 6.07) is 0. The quantitative estimate of drug-likeness (QED) is 0.519. The normalized spacial score (nSPS) is 13.8. The van der Waals surface area contributed by atoms with Crippen molar-refractivity contribution in [3.05, 3.63) is 72.9 Å². The summed E-state index contributed by atoms with van der Waals surface area (Å²) in [4.78, 5) is 0. The molecule has 1 aliphatic carbocycles. The second kappa shape index (κ2) is 15.4. The zero-order chi connectivity index (χ0) is 14.2. The maximum Gasteiger partial charge on any atom is -0.0188 e. The van der Waals surface area contributed by atoms with Crippen LogP contribution in [0.15, 0.2) is 72.9 Å². The summed E-state index contributed by atoms with van der Waals surface area (Å²) in [6.07, 6.45) is 18.5. The van der Waals surface area contributed by atoms with Crippen LogP contribution >= 0.6 is 0 Å². The van der Waals surface area contributed by atoms with Crippen molar-refractivity contribution in [2.24, 2.45) is 0 Å². The van der Waals surface area contributed by atoms with Crippen molar-refractivity contribution < 1.29 is 0 Å². The first-order valence-electron chi connectivity index (χ1n) is 6.87. The van der Waals surface area contributed by atoms with E-state index in [1.165, 1.54) is 11.1 Å². The second-order valence-corrected chi connectivity index (χ2v) is 3.09. The molecule has 0 heterocycles. The van der Waals surface area contributed by atoms with E-state index in [0.29, 0.717) is 0 Å². The van der Waals surface area contributed by atoms with Crippen LogP contribution in [0.1, 0.15) is 40.5 Å². The minimum absolute atomic E-state index is 1.13. The lowest BCUT2D eigenvalue weighted by atomic mass is 9.99. The fraction of sp³-hybridized carbons (Fsp3) is 0.333. The Kier molecular flexibility index (Phi) is 16.1. The first-order valence-corrected chi connectivity index (χ1v) is 6.87. The minimum Gasteiger partial charge on any atom is -0.0991 e. The van der Waals surface area contributed by atoms with Crippen LogP contribution in [-0.4, -0.2) is 0 Å². The molecule has 0 saturated carbocycles. The summed E-state index contributed by atoms with van der Waals surface area (Å²) in [5.74, 6) is 0. The van der Waals surface area contributed by atoms with E-state index in [-0.39, 0.29) is 0 Å². The monoisotopic (exact) mass is 244 g/mol. The molecular weight excluding hydrogens is 216 g/mol. The number of allylic oxidation sites excluding steroid dienone is 10. The van der Waals surface area contributed by atoms with Crippen LogP contribution in [0.4, 0.5) is 0 Å².